The smallest absolute Gasteiger partial charge is 0.243 e. The minimum atomic E-state index is -0.281. The van der Waals surface area contributed by atoms with Crippen molar-refractivity contribution < 1.29 is 9.59 Å². The fourth-order valence-electron chi connectivity index (χ4n) is 1.39. The van der Waals surface area contributed by atoms with Crippen LogP contribution in [0.25, 0.3) is 0 Å². The molecule has 0 radical (unpaired) electrons. The highest BCUT2D eigenvalue weighted by Gasteiger charge is 2.04. The maximum atomic E-state index is 11.5. The van der Waals surface area contributed by atoms with Crippen molar-refractivity contribution in [2.75, 3.05) is 18.4 Å². The number of nitrogens with one attached hydrogen (secondary N) is 2. The lowest BCUT2D eigenvalue weighted by Crippen LogP contribution is -2.31. The van der Waals surface area contributed by atoms with Crippen molar-refractivity contribution in [3.05, 3.63) is 29.3 Å². The molecule has 0 saturated heterocycles. The van der Waals surface area contributed by atoms with E-state index in [4.69, 9.17) is 5.73 Å². The van der Waals surface area contributed by atoms with Gasteiger partial charge in [0.2, 0.25) is 11.8 Å². The van der Waals surface area contributed by atoms with Gasteiger partial charge in [-0.3, -0.25) is 9.59 Å². The van der Waals surface area contributed by atoms with Gasteiger partial charge < -0.3 is 16.4 Å². The predicted molar refractivity (Wildman–Crippen MR) is 74.4 cm³/mol. The van der Waals surface area contributed by atoms with Crippen LogP contribution in [0.3, 0.4) is 0 Å². The number of benzene rings is 1. The second-order valence-electron chi connectivity index (χ2n) is 3.99. The number of aryl methyl sites for hydroxylation is 1. The molecule has 1 rings (SSSR count). The Morgan fingerprint density at radius 2 is 2.11 bits per heavy atom. The Kier molecular flexibility index (Phi) is 5.58. The SMILES string of the molecule is CC(=O)NCC(=O)Nc1ccc(C)c(C#CCN)c1. The molecule has 0 saturated carbocycles. The standard InChI is InChI=1S/C14H17N3O2/c1-10-5-6-13(8-12(10)4-3-7-15)17-14(19)9-16-11(2)18/h5-6,8H,7,9,15H2,1-2H3,(H,16,18)(H,17,19). The third-order valence-electron chi connectivity index (χ3n) is 2.34. The molecule has 5 heteroatoms. The zero-order valence-corrected chi connectivity index (χ0v) is 11.0. The second-order valence-corrected chi connectivity index (χ2v) is 3.99. The summed E-state index contributed by atoms with van der Waals surface area (Å²) < 4.78 is 0. The van der Waals surface area contributed by atoms with Crippen LogP contribution in [-0.4, -0.2) is 24.9 Å². The maximum Gasteiger partial charge on any atom is 0.243 e. The van der Waals surface area contributed by atoms with Crippen molar-refractivity contribution in [3.63, 3.8) is 0 Å². The van der Waals surface area contributed by atoms with Crippen molar-refractivity contribution in [3.8, 4) is 11.8 Å². The minimum absolute atomic E-state index is 0.0486. The molecule has 0 aromatic heterocycles. The maximum absolute atomic E-state index is 11.5. The minimum Gasteiger partial charge on any atom is -0.347 e. The average molecular weight is 259 g/mol. The highest BCUT2D eigenvalue weighted by molar-refractivity contribution is 5.94. The predicted octanol–water partition coefficient (Wildman–Crippen LogP) is 0.380. The highest BCUT2D eigenvalue weighted by Crippen LogP contribution is 2.14. The summed E-state index contributed by atoms with van der Waals surface area (Å²) in [6.45, 7) is 3.54. The van der Waals surface area contributed by atoms with Crippen molar-refractivity contribution in [1.82, 2.24) is 5.32 Å². The van der Waals surface area contributed by atoms with E-state index in [0.29, 0.717) is 12.2 Å². The summed E-state index contributed by atoms with van der Waals surface area (Å²) in [6.07, 6.45) is 0. The van der Waals surface area contributed by atoms with Crippen LogP contribution >= 0.6 is 0 Å². The topological polar surface area (TPSA) is 84.2 Å². The molecule has 2 amide bonds. The molecule has 4 N–H and O–H groups in total. The molecule has 0 heterocycles. The number of amides is 2. The second kappa shape index (κ2) is 7.19. The molecule has 1 aromatic rings. The van der Waals surface area contributed by atoms with Crippen molar-refractivity contribution in [2.45, 2.75) is 13.8 Å². The van der Waals surface area contributed by atoms with Crippen LogP contribution in [0.1, 0.15) is 18.1 Å². The molecule has 100 valence electrons. The van der Waals surface area contributed by atoms with E-state index < -0.39 is 0 Å². The molecule has 0 aliphatic rings. The quantitative estimate of drug-likeness (QED) is 0.686. The van der Waals surface area contributed by atoms with E-state index in [1.54, 1.807) is 12.1 Å². The summed E-state index contributed by atoms with van der Waals surface area (Å²) in [7, 11) is 0. The first-order chi connectivity index (χ1) is 9.02. The number of carbonyl (C=O) groups is 2. The van der Waals surface area contributed by atoms with E-state index in [0.717, 1.165) is 11.1 Å². The van der Waals surface area contributed by atoms with Crippen molar-refractivity contribution in [2.24, 2.45) is 5.73 Å². The monoisotopic (exact) mass is 259 g/mol. The van der Waals surface area contributed by atoms with Crippen LogP contribution in [0.5, 0.6) is 0 Å². The summed E-state index contributed by atoms with van der Waals surface area (Å²) >= 11 is 0. The third kappa shape index (κ3) is 5.23. The molecule has 0 bridgehead atoms. The summed E-state index contributed by atoms with van der Waals surface area (Å²) in [5.74, 6) is 5.19. The lowest BCUT2D eigenvalue weighted by molar-refractivity contribution is -0.122. The van der Waals surface area contributed by atoms with Crippen molar-refractivity contribution in [1.29, 1.82) is 0 Å². The van der Waals surface area contributed by atoms with Gasteiger partial charge in [-0.2, -0.15) is 0 Å². The normalized spacial score (nSPS) is 9.21. The van der Waals surface area contributed by atoms with Gasteiger partial charge in [0.15, 0.2) is 0 Å². The lowest BCUT2D eigenvalue weighted by Gasteiger charge is -2.07. The Morgan fingerprint density at radius 3 is 2.74 bits per heavy atom. The number of hydrogen-bond donors (Lipinski definition) is 3. The van der Waals surface area contributed by atoms with Crippen LogP contribution in [0, 0.1) is 18.8 Å². The molecular weight excluding hydrogens is 242 g/mol. The number of rotatable bonds is 3. The zero-order chi connectivity index (χ0) is 14.3. The lowest BCUT2D eigenvalue weighted by atomic mass is 10.1. The van der Waals surface area contributed by atoms with Crippen molar-refractivity contribution >= 4 is 17.5 Å². The van der Waals surface area contributed by atoms with E-state index in [2.05, 4.69) is 22.5 Å². The summed E-state index contributed by atoms with van der Waals surface area (Å²) in [4.78, 5) is 22.2. The summed E-state index contributed by atoms with van der Waals surface area (Å²) in [6, 6.07) is 5.44. The van der Waals surface area contributed by atoms with Crippen LogP contribution in [0.15, 0.2) is 18.2 Å². The van der Waals surface area contributed by atoms with Gasteiger partial charge in [-0.15, -0.1) is 0 Å². The first kappa shape index (κ1) is 14.7. The van der Waals surface area contributed by atoms with E-state index in [1.165, 1.54) is 6.92 Å². The first-order valence-electron chi connectivity index (χ1n) is 5.87. The number of nitrogens with two attached hydrogens (primary N) is 1. The van der Waals surface area contributed by atoms with Gasteiger partial charge in [-0.1, -0.05) is 17.9 Å². The number of carbonyl (C=O) groups excluding carboxylic acids is 2. The molecule has 0 unspecified atom stereocenters. The first-order valence-corrected chi connectivity index (χ1v) is 5.87. The molecule has 0 atom stereocenters. The van der Waals surface area contributed by atoms with E-state index in [1.807, 2.05) is 13.0 Å². The molecule has 1 aromatic carbocycles. The molecule has 0 spiro atoms. The van der Waals surface area contributed by atoms with Crippen LogP contribution in [0.4, 0.5) is 5.69 Å². The molecule has 0 fully saturated rings. The summed E-state index contributed by atoms with van der Waals surface area (Å²) in [5.41, 5.74) is 7.81. The Bertz CT molecular complexity index is 541. The zero-order valence-electron chi connectivity index (χ0n) is 11.0. The van der Waals surface area contributed by atoms with Gasteiger partial charge >= 0.3 is 0 Å². The van der Waals surface area contributed by atoms with Crippen LogP contribution in [-0.2, 0) is 9.59 Å². The van der Waals surface area contributed by atoms with Gasteiger partial charge in [-0.25, -0.2) is 0 Å². The van der Waals surface area contributed by atoms with E-state index >= 15 is 0 Å². The molecule has 5 nitrogen and oxygen atoms in total. The van der Waals surface area contributed by atoms with Crippen LogP contribution in [0.2, 0.25) is 0 Å². The Hall–Kier alpha value is -2.32. The largest absolute Gasteiger partial charge is 0.347 e. The Balaban J connectivity index is 2.74. The Labute approximate surface area is 112 Å². The van der Waals surface area contributed by atoms with Gasteiger partial charge in [0.05, 0.1) is 13.1 Å². The number of hydrogen-bond acceptors (Lipinski definition) is 3. The average Bonchev–Trinajstić information content (AvgIpc) is 2.37. The fraction of sp³-hybridized carbons (Fsp3) is 0.286. The molecule has 19 heavy (non-hydrogen) atoms. The Morgan fingerprint density at radius 1 is 1.37 bits per heavy atom. The van der Waals surface area contributed by atoms with E-state index in [-0.39, 0.29) is 18.4 Å². The molecule has 0 aliphatic heterocycles. The van der Waals surface area contributed by atoms with Gasteiger partial charge in [0.25, 0.3) is 0 Å². The molecule has 0 aliphatic carbocycles. The number of anilines is 1. The highest BCUT2D eigenvalue weighted by atomic mass is 16.2. The molecular formula is C14H17N3O2. The summed E-state index contributed by atoms with van der Waals surface area (Å²) in [5, 5.41) is 5.12. The van der Waals surface area contributed by atoms with Crippen LogP contribution < -0.4 is 16.4 Å². The third-order valence-corrected chi connectivity index (χ3v) is 2.34. The van der Waals surface area contributed by atoms with Gasteiger partial charge in [0, 0.05) is 18.2 Å². The van der Waals surface area contributed by atoms with Gasteiger partial charge in [-0.05, 0) is 24.6 Å². The van der Waals surface area contributed by atoms with E-state index in [9.17, 15) is 9.59 Å². The van der Waals surface area contributed by atoms with Gasteiger partial charge in [0.1, 0.15) is 0 Å². The fourth-order valence-corrected chi connectivity index (χ4v) is 1.39.